The van der Waals surface area contributed by atoms with Crippen molar-refractivity contribution >= 4 is 29.5 Å². The first-order valence-corrected chi connectivity index (χ1v) is 9.92. The molecule has 0 aliphatic heterocycles. The third-order valence-corrected chi connectivity index (χ3v) is 10.6. The van der Waals surface area contributed by atoms with E-state index < -0.39 is 57.3 Å². The van der Waals surface area contributed by atoms with Crippen LogP contribution < -0.4 is 0 Å². The Morgan fingerprint density at radius 2 is 0.952 bits per heavy atom. The summed E-state index contributed by atoms with van der Waals surface area (Å²) in [5.74, 6) is -5.76. The van der Waals surface area contributed by atoms with Crippen LogP contribution in [0.1, 0.15) is 0 Å². The lowest BCUT2D eigenvalue weighted by molar-refractivity contribution is -0.107. The van der Waals surface area contributed by atoms with Crippen LogP contribution in [0.25, 0.3) is 0 Å². The second kappa shape index (κ2) is 5.57. The van der Waals surface area contributed by atoms with Gasteiger partial charge in [0, 0.05) is 6.26 Å². The van der Waals surface area contributed by atoms with E-state index >= 15 is 0 Å². The lowest BCUT2D eigenvalue weighted by Gasteiger charge is -2.18. The molecule has 0 saturated carbocycles. The van der Waals surface area contributed by atoms with Gasteiger partial charge in [-0.3, -0.25) is 0 Å². The van der Waals surface area contributed by atoms with E-state index in [4.69, 9.17) is 0 Å². The molecule has 0 aromatic heterocycles. The summed E-state index contributed by atoms with van der Waals surface area (Å²) in [7, 11) is -17.2. The molecule has 0 amide bonds. The Bertz CT molecular complexity index is 636. The standard InChI is InChI=1S/C6H8F6O6S3/c1-19(13,14)4(20(15,16)2-5(7,8)9)21(17,18)3-6(10,11)12/h4H,2-3H2,1H3. The van der Waals surface area contributed by atoms with Gasteiger partial charge in [-0.1, -0.05) is 0 Å². The average molecular weight is 386 g/mol. The number of hydrogen-bond donors (Lipinski definition) is 0. The van der Waals surface area contributed by atoms with Crippen molar-refractivity contribution in [2.24, 2.45) is 0 Å². The maximum atomic E-state index is 12.0. The van der Waals surface area contributed by atoms with Crippen molar-refractivity contribution in [2.45, 2.75) is 16.3 Å². The topological polar surface area (TPSA) is 102 Å². The third-order valence-electron chi connectivity index (χ3n) is 1.67. The molecule has 6 nitrogen and oxygen atoms in total. The number of rotatable bonds is 5. The number of alkyl halides is 6. The Labute approximate surface area is 115 Å². The minimum atomic E-state index is -5.97. The summed E-state index contributed by atoms with van der Waals surface area (Å²) in [6, 6.07) is 0. The van der Waals surface area contributed by atoms with Crippen molar-refractivity contribution < 1.29 is 51.6 Å². The summed E-state index contributed by atoms with van der Waals surface area (Å²) in [4.78, 5) is 0. The van der Waals surface area contributed by atoms with Crippen molar-refractivity contribution in [3.8, 4) is 0 Å². The van der Waals surface area contributed by atoms with E-state index in [1.165, 1.54) is 0 Å². The lowest BCUT2D eigenvalue weighted by Crippen LogP contribution is -2.44. The molecule has 0 saturated heterocycles. The first kappa shape index (κ1) is 20.4. The first-order chi connectivity index (χ1) is 8.78. The van der Waals surface area contributed by atoms with Gasteiger partial charge in [-0.25, -0.2) is 25.3 Å². The van der Waals surface area contributed by atoms with Gasteiger partial charge < -0.3 is 0 Å². The van der Waals surface area contributed by atoms with Gasteiger partial charge in [0.25, 0.3) is 3.91 Å². The highest BCUT2D eigenvalue weighted by molar-refractivity contribution is 8.24. The second-order valence-corrected chi connectivity index (χ2v) is 11.2. The van der Waals surface area contributed by atoms with Crippen molar-refractivity contribution in [3.05, 3.63) is 0 Å². The summed E-state index contributed by atoms with van der Waals surface area (Å²) in [5, 5.41) is 0. The quantitative estimate of drug-likeness (QED) is 0.629. The molecule has 0 heterocycles. The maximum Gasteiger partial charge on any atom is 0.402 e. The number of halogens is 6. The van der Waals surface area contributed by atoms with Crippen molar-refractivity contribution in [3.63, 3.8) is 0 Å². The molecule has 0 unspecified atom stereocenters. The largest absolute Gasteiger partial charge is 0.402 e. The molecule has 0 spiro atoms. The molecule has 128 valence electrons. The number of hydrogen-bond acceptors (Lipinski definition) is 6. The van der Waals surface area contributed by atoms with Crippen LogP contribution in [0.5, 0.6) is 0 Å². The third kappa shape index (κ3) is 6.82. The van der Waals surface area contributed by atoms with E-state index in [0.717, 1.165) is 0 Å². The van der Waals surface area contributed by atoms with E-state index in [0.29, 0.717) is 0 Å². The monoisotopic (exact) mass is 386 g/mol. The molecule has 0 radical (unpaired) electrons. The van der Waals surface area contributed by atoms with Gasteiger partial charge in [-0.15, -0.1) is 0 Å². The fraction of sp³-hybridized carbons (Fsp3) is 1.00. The van der Waals surface area contributed by atoms with Gasteiger partial charge in [0.15, 0.2) is 29.5 Å². The van der Waals surface area contributed by atoms with Crippen LogP contribution in [-0.4, -0.2) is 59.3 Å². The van der Waals surface area contributed by atoms with Crippen LogP contribution >= 0.6 is 0 Å². The van der Waals surface area contributed by atoms with Crippen LogP contribution in [0.2, 0.25) is 0 Å². The molecule has 0 N–H and O–H groups in total. The van der Waals surface area contributed by atoms with Gasteiger partial charge >= 0.3 is 12.4 Å². The van der Waals surface area contributed by atoms with Gasteiger partial charge in [-0.2, -0.15) is 26.3 Å². The molecular formula is C6H8F6O6S3. The van der Waals surface area contributed by atoms with Crippen molar-refractivity contribution in [1.29, 1.82) is 0 Å². The van der Waals surface area contributed by atoms with Crippen molar-refractivity contribution in [2.75, 3.05) is 17.8 Å². The van der Waals surface area contributed by atoms with E-state index in [2.05, 4.69) is 0 Å². The summed E-state index contributed by atoms with van der Waals surface area (Å²) in [6.45, 7) is 0. The van der Waals surface area contributed by atoms with Gasteiger partial charge in [0.05, 0.1) is 0 Å². The Kier molecular flexibility index (Phi) is 5.42. The van der Waals surface area contributed by atoms with E-state index in [9.17, 15) is 51.6 Å². The maximum absolute atomic E-state index is 12.0. The zero-order valence-electron chi connectivity index (χ0n) is 9.93. The average Bonchev–Trinajstić information content (AvgIpc) is 1.83. The van der Waals surface area contributed by atoms with Crippen LogP contribution in [-0.2, 0) is 29.5 Å². The SMILES string of the molecule is CS(=O)(=O)C(S(=O)(=O)CC(F)(F)F)S(=O)(=O)CC(F)(F)F. The Morgan fingerprint density at radius 3 is 1.10 bits per heavy atom. The molecule has 0 rings (SSSR count). The van der Waals surface area contributed by atoms with E-state index in [1.54, 1.807) is 0 Å². The highest BCUT2D eigenvalue weighted by Crippen LogP contribution is 2.28. The van der Waals surface area contributed by atoms with Gasteiger partial charge in [0.2, 0.25) is 0 Å². The minimum Gasteiger partial charge on any atom is -0.227 e. The molecular weight excluding hydrogens is 378 g/mol. The molecule has 0 aromatic carbocycles. The Morgan fingerprint density at radius 1 is 0.714 bits per heavy atom. The summed E-state index contributed by atoms with van der Waals surface area (Å²) >= 11 is 0. The van der Waals surface area contributed by atoms with Crippen LogP contribution in [0.15, 0.2) is 0 Å². The number of sulfone groups is 3. The second-order valence-electron chi connectivity index (χ2n) is 3.96. The fourth-order valence-electron chi connectivity index (χ4n) is 1.35. The normalized spacial score (nSPS) is 15.4. The molecule has 0 aromatic rings. The molecule has 21 heavy (non-hydrogen) atoms. The van der Waals surface area contributed by atoms with Gasteiger partial charge in [-0.05, 0) is 0 Å². The summed E-state index contributed by atoms with van der Waals surface area (Å²) in [5.41, 5.74) is 0. The fourth-order valence-corrected chi connectivity index (χ4v) is 9.40. The smallest absolute Gasteiger partial charge is 0.227 e. The molecule has 0 atom stereocenters. The molecule has 0 fully saturated rings. The van der Waals surface area contributed by atoms with E-state index in [1.807, 2.05) is 0 Å². The Balaban J connectivity index is 6.10. The Hall–Kier alpha value is -0.570. The molecule has 0 bridgehead atoms. The van der Waals surface area contributed by atoms with Crippen LogP contribution in [0, 0.1) is 0 Å². The lowest BCUT2D eigenvalue weighted by atomic mass is 10.8. The summed E-state index contributed by atoms with van der Waals surface area (Å²) in [6.07, 6.45) is -11.1. The van der Waals surface area contributed by atoms with Crippen LogP contribution in [0.4, 0.5) is 26.3 Å². The highest BCUT2D eigenvalue weighted by atomic mass is 32.3. The minimum absolute atomic E-state index is 0.0838. The summed E-state index contributed by atoms with van der Waals surface area (Å²) < 4.78 is 136. The van der Waals surface area contributed by atoms with E-state index in [-0.39, 0.29) is 6.26 Å². The molecule has 0 aliphatic carbocycles. The predicted octanol–water partition coefficient (Wildman–Crippen LogP) is 0.269. The predicted molar refractivity (Wildman–Crippen MR) is 58.3 cm³/mol. The van der Waals surface area contributed by atoms with Crippen LogP contribution in [0.3, 0.4) is 0 Å². The zero-order valence-corrected chi connectivity index (χ0v) is 12.4. The molecule has 0 aliphatic rings. The molecule has 15 heteroatoms. The highest BCUT2D eigenvalue weighted by Gasteiger charge is 2.53. The van der Waals surface area contributed by atoms with Crippen molar-refractivity contribution in [1.82, 2.24) is 0 Å². The first-order valence-electron chi connectivity index (χ1n) is 4.53. The van der Waals surface area contributed by atoms with Gasteiger partial charge in [0.1, 0.15) is 11.5 Å². The zero-order chi connectivity index (χ0) is 17.5.